The Labute approximate surface area is 220 Å². The number of hydrogen-bond acceptors (Lipinski definition) is 5. The summed E-state index contributed by atoms with van der Waals surface area (Å²) in [5.41, 5.74) is 2.55. The minimum absolute atomic E-state index is 0.0282. The number of hydrogen-bond donors (Lipinski definition) is 0. The first kappa shape index (κ1) is 25.4. The summed E-state index contributed by atoms with van der Waals surface area (Å²) in [7, 11) is 0. The van der Waals surface area contributed by atoms with E-state index < -0.39 is 0 Å². The average molecular weight is 523 g/mol. The lowest BCUT2D eigenvalue weighted by Crippen LogP contribution is -2.49. The number of rotatable bonds is 8. The van der Waals surface area contributed by atoms with Crippen molar-refractivity contribution in [2.45, 2.75) is 38.3 Å². The third-order valence-corrected chi connectivity index (χ3v) is 8.07. The number of halogens is 1. The van der Waals surface area contributed by atoms with Gasteiger partial charge in [0, 0.05) is 30.1 Å². The van der Waals surface area contributed by atoms with Crippen molar-refractivity contribution in [3.63, 3.8) is 0 Å². The predicted molar refractivity (Wildman–Crippen MR) is 140 cm³/mol. The van der Waals surface area contributed by atoms with Crippen LogP contribution in [0.3, 0.4) is 0 Å². The number of carbonyl (C=O) groups is 2. The van der Waals surface area contributed by atoms with Gasteiger partial charge >= 0.3 is 0 Å². The molecule has 2 aliphatic rings. The Morgan fingerprint density at radius 2 is 1.97 bits per heavy atom. The Balaban J connectivity index is 1.36. The highest BCUT2D eigenvalue weighted by Gasteiger charge is 2.34. The molecule has 2 aromatic carbocycles. The molecule has 0 bridgehead atoms. The van der Waals surface area contributed by atoms with Gasteiger partial charge in [0.1, 0.15) is 24.7 Å². The van der Waals surface area contributed by atoms with Gasteiger partial charge in [0.25, 0.3) is 5.91 Å². The van der Waals surface area contributed by atoms with E-state index in [1.165, 1.54) is 17.0 Å². The number of amides is 2. The SMILES string of the molecule is Cc1ccccc1C(=O)N(CC(=O)N1CCc2sccc2[C@@H]1COc1ccc(F)cc1)C[C@@H]1CCCO1. The van der Waals surface area contributed by atoms with Crippen molar-refractivity contribution >= 4 is 23.2 Å². The molecular formula is C29H31FN2O4S. The standard InChI is InChI=1S/C29H31FN2O4S/c1-20-5-2-3-7-24(20)29(34)31(17-23-6-4-15-35-23)18-28(33)32-14-12-27-25(13-16-37-27)26(32)19-36-22-10-8-21(30)9-11-22/h2-3,5,7-11,13,16,23,26H,4,6,12,14-15,17-19H2,1H3/t23-,26-/m0/s1. The Hall–Kier alpha value is -3.23. The number of nitrogens with zero attached hydrogens (tertiary/aromatic N) is 2. The summed E-state index contributed by atoms with van der Waals surface area (Å²) in [6.07, 6.45) is 2.54. The summed E-state index contributed by atoms with van der Waals surface area (Å²) in [6, 6.07) is 15.1. The normalized spacial score (nSPS) is 18.9. The minimum Gasteiger partial charge on any atom is -0.491 e. The van der Waals surface area contributed by atoms with Crippen LogP contribution in [0.5, 0.6) is 5.75 Å². The first-order chi connectivity index (χ1) is 18.0. The van der Waals surface area contributed by atoms with Gasteiger partial charge in [-0.25, -0.2) is 4.39 Å². The van der Waals surface area contributed by atoms with Gasteiger partial charge in [0.05, 0.1) is 12.1 Å². The van der Waals surface area contributed by atoms with Crippen LogP contribution in [-0.4, -0.2) is 60.6 Å². The van der Waals surface area contributed by atoms with Crippen molar-refractivity contribution in [3.8, 4) is 5.75 Å². The van der Waals surface area contributed by atoms with E-state index in [0.717, 1.165) is 30.4 Å². The molecule has 0 radical (unpaired) electrons. The maximum Gasteiger partial charge on any atom is 0.254 e. The van der Waals surface area contributed by atoms with Gasteiger partial charge in [-0.1, -0.05) is 18.2 Å². The fraction of sp³-hybridized carbons (Fsp3) is 0.379. The molecule has 1 fully saturated rings. The molecule has 37 heavy (non-hydrogen) atoms. The topological polar surface area (TPSA) is 59.1 Å². The smallest absolute Gasteiger partial charge is 0.254 e. The highest BCUT2D eigenvalue weighted by atomic mass is 32.1. The van der Waals surface area contributed by atoms with Gasteiger partial charge in [-0.05, 0) is 79.1 Å². The Bertz CT molecular complexity index is 1240. The minimum atomic E-state index is -0.327. The van der Waals surface area contributed by atoms with Crippen LogP contribution in [0.4, 0.5) is 4.39 Å². The molecule has 0 saturated carbocycles. The second-order valence-corrected chi connectivity index (χ2v) is 10.6. The molecule has 2 aliphatic heterocycles. The maximum absolute atomic E-state index is 13.8. The summed E-state index contributed by atoms with van der Waals surface area (Å²) in [5.74, 6) is -0.0590. The van der Waals surface area contributed by atoms with Crippen LogP contribution in [-0.2, 0) is 16.0 Å². The molecule has 0 spiro atoms. The second kappa shape index (κ2) is 11.4. The Morgan fingerprint density at radius 3 is 2.73 bits per heavy atom. The van der Waals surface area contributed by atoms with Crippen LogP contribution in [0.25, 0.3) is 0 Å². The van der Waals surface area contributed by atoms with Crippen molar-refractivity contribution in [2.24, 2.45) is 0 Å². The molecule has 3 heterocycles. The Morgan fingerprint density at radius 1 is 1.16 bits per heavy atom. The van der Waals surface area contributed by atoms with Crippen molar-refractivity contribution in [1.29, 1.82) is 0 Å². The molecule has 194 valence electrons. The lowest BCUT2D eigenvalue weighted by Gasteiger charge is -2.37. The van der Waals surface area contributed by atoms with Gasteiger partial charge in [-0.3, -0.25) is 9.59 Å². The van der Waals surface area contributed by atoms with E-state index in [1.54, 1.807) is 28.4 Å². The molecule has 2 amide bonds. The quantitative estimate of drug-likeness (QED) is 0.417. The van der Waals surface area contributed by atoms with Gasteiger partial charge in [0.2, 0.25) is 5.91 Å². The van der Waals surface area contributed by atoms with Gasteiger partial charge in [0.15, 0.2) is 0 Å². The summed E-state index contributed by atoms with van der Waals surface area (Å²) in [6.45, 7) is 3.74. The van der Waals surface area contributed by atoms with Crippen molar-refractivity contribution in [1.82, 2.24) is 9.80 Å². The molecular weight excluding hydrogens is 491 g/mol. The van der Waals surface area contributed by atoms with Crippen LogP contribution in [0.1, 0.15) is 45.2 Å². The lowest BCUT2D eigenvalue weighted by atomic mass is 10.00. The second-order valence-electron chi connectivity index (χ2n) is 9.55. The van der Waals surface area contributed by atoms with Gasteiger partial charge in [-0.15, -0.1) is 11.3 Å². The largest absolute Gasteiger partial charge is 0.491 e. The van der Waals surface area contributed by atoms with E-state index in [9.17, 15) is 14.0 Å². The molecule has 1 saturated heterocycles. The third-order valence-electron chi connectivity index (χ3n) is 7.07. The number of fused-ring (bicyclic) bond motifs is 1. The summed E-state index contributed by atoms with van der Waals surface area (Å²) in [4.78, 5) is 32.1. The van der Waals surface area contributed by atoms with Crippen LogP contribution >= 0.6 is 11.3 Å². The molecule has 6 nitrogen and oxygen atoms in total. The first-order valence-corrected chi connectivity index (χ1v) is 13.6. The zero-order chi connectivity index (χ0) is 25.8. The molecule has 0 unspecified atom stereocenters. The predicted octanol–water partition coefficient (Wildman–Crippen LogP) is 5.02. The summed E-state index contributed by atoms with van der Waals surface area (Å²) < 4.78 is 25.1. The molecule has 0 N–H and O–H groups in total. The zero-order valence-electron chi connectivity index (χ0n) is 20.9. The summed E-state index contributed by atoms with van der Waals surface area (Å²) in [5, 5.41) is 2.04. The van der Waals surface area contributed by atoms with Crippen LogP contribution in [0, 0.1) is 12.7 Å². The molecule has 5 rings (SSSR count). The fourth-order valence-electron chi connectivity index (χ4n) is 5.07. The van der Waals surface area contributed by atoms with Crippen molar-refractivity contribution in [2.75, 3.05) is 32.8 Å². The maximum atomic E-state index is 13.8. The molecule has 3 aromatic rings. The molecule has 2 atom stereocenters. The molecule has 0 aliphatic carbocycles. The number of thiophene rings is 1. The van der Waals surface area contributed by atoms with Crippen LogP contribution < -0.4 is 4.74 Å². The lowest BCUT2D eigenvalue weighted by molar-refractivity contribution is -0.135. The molecule has 1 aromatic heterocycles. The van der Waals surface area contributed by atoms with Crippen LogP contribution in [0.2, 0.25) is 0 Å². The van der Waals surface area contributed by atoms with E-state index in [1.807, 2.05) is 47.5 Å². The van der Waals surface area contributed by atoms with Gasteiger partial charge < -0.3 is 19.3 Å². The summed E-state index contributed by atoms with van der Waals surface area (Å²) >= 11 is 1.68. The van der Waals surface area contributed by atoms with Crippen LogP contribution in [0.15, 0.2) is 60.0 Å². The first-order valence-electron chi connectivity index (χ1n) is 12.7. The van der Waals surface area contributed by atoms with Crippen molar-refractivity contribution < 1.29 is 23.5 Å². The van der Waals surface area contributed by atoms with E-state index >= 15 is 0 Å². The highest BCUT2D eigenvalue weighted by molar-refractivity contribution is 7.10. The number of carbonyl (C=O) groups excluding carboxylic acids is 2. The highest BCUT2D eigenvalue weighted by Crippen LogP contribution is 2.34. The number of ether oxygens (including phenoxy) is 2. The zero-order valence-corrected chi connectivity index (χ0v) is 21.7. The molecule has 8 heteroatoms. The number of benzene rings is 2. The number of aryl methyl sites for hydroxylation is 1. The van der Waals surface area contributed by atoms with E-state index in [4.69, 9.17) is 9.47 Å². The fourth-order valence-corrected chi connectivity index (χ4v) is 6.00. The van der Waals surface area contributed by atoms with E-state index in [0.29, 0.717) is 31.0 Å². The van der Waals surface area contributed by atoms with Crippen molar-refractivity contribution in [3.05, 3.63) is 87.4 Å². The Kier molecular flexibility index (Phi) is 7.86. The van der Waals surface area contributed by atoms with Gasteiger partial charge in [-0.2, -0.15) is 0 Å². The monoisotopic (exact) mass is 522 g/mol. The third kappa shape index (κ3) is 5.86. The van der Waals surface area contributed by atoms with E-state index in [2.05, 4.69) is 0 Å². The van der Waals surface area contributed by atoms with E-state index in [-0.39, 0.29) is 42.9 Å². The average Bonchev–Trinajstić information content (AvgIpc) is 3.60.